The second-order valence-electron chi connectivity index (χ2n) is 18.5. The number of aryl methyl sites for hydroxylation is 2. The third-order valence-electron chi connectivity index (χ3n) is 12.6. The SMILES string of the molecule is CC(C)(C)OC(=O)N1CCCC(c2cn3ncnc3c(Nc3ccc4c(c3)CC(=O)CCC4)n2)C1.O=C1CCCc2ccc(Nc3nc(C4CCCCC4)cn4ncnc34)cc2C1. The number of aromatic nitrogens is 8. The van der Waals surface area contributed by atoms with Gasteiger partial charge in [0.25, 0.3) is 0 Å². The van der Waals surface area contributed by atoms with Crippen molar-refractivity contribution in [3.63, 3.8) is 0 Å². The molecule has 0 bridgehead atoms. The molecular formula is C48H57N11O4. The van der Waals surface area contributed by atoms with Gasteiger partial charge in [-0.15, -0.1) is 0 Å². The summed E-state index contributed by atoms with van der Waals surface area (Å²) in [7, 11) is 0. The molecule has 10 rings (SSSR count). The van der Waals surface area contributed by atoms with Gasteiger partial charge in [-0.2, -0.15) is 10.2 Å². The Hall–Kier alpha value is -6.25. The normalized spacial score (nSPS) is 18.5. The lowest BCUT2D eigenvalue weighted by atomic mass is 9.87. The predicted molar refractivity (Wildman–Crippen MR) is 240 cm³/mol. The number of ketones is 2. The molecule has 15 heteroatoms. The molecule has 1 saturated carbocycles. The molecule has 1 saturated heterocycles. The van der Waals surface area contributed by atoms with E-state index < -0.39 is 5.60 Å². The number of amides is 1. The van der Waals surface area contributed by atoms with Crippen LogP contribution in [0.15, 0.2) is 61.4 Å². The molecule has 4 aliphatic rings. The average molecular weight is 852 g/mol. The number of fused-ring (bicyclic) bond motifs is 4. The molecule has 1 unspecified atom stereocenters. The molecule has 2 aromatic carbocycles. The second kappa shape index (κ2) is 18.2. The van der Waals surface area contributed by atoms with E-state index in [9.17, 15) is 14.4 Å². The van der Waals surface area contributed by atoms with Gasteiger partial charge < -0.3 is 20.3 Å². The Bertz CT molecular complexity index is 2640. The highest BCUT2D eigenvalue weighted by Gasteiger charge is 2.30. The van der Waals surface area contributed by atoms with Crippen LogP contribution < -0.4 is 10.6 Å². The van der Waals surface area contributed by atoms with E-state index in [4.69, 9.17) is 14.7 Å². The molecule has 1 aliphatic heterocycles. The number of Topliss-reactive ketones (excluding diaryl/α,β-unsaturated/α-hetero) is 2. The van der Waals surface area contributed by atoms with Crippen molar-refractivity contribution in [2.75, 3.05) is 23.7 Å². The highest BCUT2D eigenvalue weighted by molar-refractivity contribution is 5.83. The van der Waals surface area contributed by atoms with Crippen LogP contribution in [-0.2, 0) is 40.0 Å². The van der Waals surface area contributed by atoms with E-state index >= 15 is 0 Å². The first-order chi connectivity index (χ1) is 30.5. The lowest BCUT2D eigenvalue weighted by Gasteiger charge is -2.34. The first-order valence-electron chi connectivity index (χ1n) is 22.7. The van der Waals surface area contributed by atoms with Crippen LogP contribution in [0.25, 0.3) is 11.3 Å². The Morgan fingerprint density at radius 3 is 1.71 bits per heavy atom. The predicted octanol–water partition coefficient (Wildman–Crippen LogP) is 8.79. The maximum absolute atomic E-state index is 12.7. The number of carbonyl (C=O) groups excluding carboxylic acids is 3. The number of benzene rings is 2. The average Bonchev–Trinajstić information content (AvgIpc) is 3.87. The quantitative estimate of drug-likeness (QED) is 0.153. The van der Waals surface area contributed by atoms with E-state index in [1.54, 1.807) is 15.7 Å². The van der Waals surface area contributed by atoms with E-state index in [1.165, 1.54) is 49.6 Å². The summed E-state index contributed by atoms with van der Waals surface area (Å²) in [5, 5.41) is 15.6. The lowest BCUT2D eigenvalue weighted by Crippen LogP contribution is -2.42. The van der Waals surface area contributed by atoms with Gasteiger partial charge in [0.1, 0.15) is 29.8 Å². The Kier molecular flexibility index (Phi) is 12.2. The van der Waals surface area contributed by atoms with E-state index in [0.29, 0.717) is 61.9 Å². The molecule has 0 radical (unpaired) electrons. The highest BCUT2D eigenvalue weighted by Crippen LogP contribution is 2.34. The fraction of sp³-hybridized carbons (Fsp3) is 0.479. The van der Waals surface area contributed by atoms with Crippen LogP contribution >= 0.6 is 0 Å². The molecule has 2 N–H and O–H groups in total. The number of rotatable bonds is 6. The van der Waals surface area contributed by atoms with Crippen molar-refractivity contribution in [2.24, 2.45) is 0 Å². The summed E-state index contributed by atoms with van der Waals surface area (Å²) in [5.41, 5.74) is 9.31. The maximum atomic E-state index is 12.7. The summed E-state index contributed by atoms with van der Waals surface area (Å²) in [6, 6.07) is 12.5. The minimum Gasteiger partial charge on any atom is -0.444 e. The van der Waals surface area contributed by atoms with Gasteiger partial charge in [0.15, 0.2) is 22.9 Å². The summed E-state index contributed by atoms with van der Waals surface area (Å²) in [6.45, 7) is 6.85. The minimum absolute atomic E-state index is 0.0649. The topological polar surface area (TPSA) is 174 Å². The van der Waals surface area contributed by atoms with Crippen molar-refractivity contribution in [1.29, 1.82) is 0 Å². The van der Waals surface area contributed by atoms with Gasteiger partial charge in [-0.3, -0.25) is 9.59 Å². The van der Waals surface area contributed by atoms with Crippen molar-refractivity contribution in [3.8, 4) is 0 Å². The first-order valence-corrected chi connectivity index (χ1v) is 22.7. The monoisotopic (exact) mass is 851 g/mol. The molecule has 5 heterocycles. The standard InChI is InChI=1S/C26H32N6O3.C22H25N5O/c1-26(2,3)35-25(34)31-11-5-7-18(14-31)22-15-32-24(27-16-28-32)23(30-22)29-20-10-9-17-6-4-8-21(33)13-19(17)12-20;28-19-8-4-7-15-9-10-18(11-17(15)12-19)25-21-22-23-14-24-27(22)13-20(26-21)16-5-2-1-3-6-16/h9-10,12,15-16,18H,4-8,11,13-14H2,1-3H3,(H,29,30);9-11,13-14,16H,1-8,12H2,(H,25,26). The summed E-state index contributed by atoms with van der Waals surface area (Å²) in [6.07, 6.45) is 20.8. The highest BCUT2D eigenvalue weighted by atomic mass is 16.6. The van der Waals surface area contributed by atoms with Crippen LogP contribution in [0.2, 0.25) is 0 Å². The van der Waals surface area contributed by atoms with Crippen LogP contribution in [0.1, 0.15) is 137 Å². The Morgan fingerprint density at radius 1 is 0.651 bits per heavy atom. The van der Waals surface area contributed by atoms with E-state index in [1.807, 2.05) is 49.8 Å². The smallest absolute Gasteiger partial charge is 0.410 e. The van der Waals surface area contributed by atoms with Crippen LogP contribution in [0.4, 0.5) is 27.8 Å². The summed E-state index contributed by atoms with van der Waals surface area (Å²) in [4.78, 5) is 57.2. The summed E-state index contributed by atoms with van der Waals surface area (Å²) < 4.78 is 9.14. The van der Waals surface area contributed by atoms with Crippen LogP contribution in [0.5, 0.6) is 0 Å². The molecule has 63 heavy (non-hydrogen) atoms. The zero-order valence-electron chi connectivity index (χ0n) is 36.6. The van der Waals surface area contributed by atoms with Crippen molar-refractivity contribution in [3.05, 3.63) is 95.1 Å². The Labute approximate surface area is 367 Å². The second-order valence-corrected chi connectivity index (χ2v) is 18.5. The van der Waals surface area contributed by atoms with Crippen molar-refractivity contribution in [1.82, 2.24) is 44.1 Å². The lowest BCUT2D eigenvalue weighted by molar-refractivity contribution is -0.119. The van der Waals surface area contributed by atoms with E-state index in [-0.39, 0.29) is 17.8 Å². The third-order valence-corrected chi connectivity index (χ3v) is 12.6. The molecular weight excluding hydrogens is 795 g/mol. The molecule has 1 atom stereocenters. The summed E-state index contributed by atoms with van der Waals surface area (Å²) in [5.74, 6) is 2.51. The largest absolute Gasteiger partial charge is 0.444 e. The van der Waals surface area contributed by atoms with Crippen LogP contribution in [0.3, 0.4) is 0 Å². The molecule has 1 amide bonds. The van der Waals surface area contributed by atoms with Crippen LogP contribution in [0, 0.1) is 0 Å². The van der Waals surface area contributed by atoms with E-state index in [2.05, 4.69) is 55.1 Å². The number of nitrogens with zero attached hydrogens (tertiary/aromatic N) is 9. The number of ether oxygens (including phenoxy) is 1. The minimum atomic E-state index is -0.530. The third kappa shape index (κ3) is 10.0. The zero-order valence-corrected chi connectivity index (χ0v) is 36.6. The Morgan fingerprint density at radius 2 is 1.17 bits per heavy atom. The number of hydrogen-bond donors (Lipinski definition) is 2. The van der Waals surface area contributed by atoms with Gasteiger partial charge >= 0.3 is 6.09 Å². The zero-order chi connectivity index (χ0) is 43.5. The van der Waals surface area contributed by atoms with Crippen molar-refractivity contribution in [2.45, 2.75) is 135 Å². The molecule has 328 valence electrons. The number of carbonyl (C=O) groups is 3. The number of anilines is 4. The molecule has 6 aromatic rings. The van der Waals surface area contributed by atoms with Gasteiger partial charge in [-0.05, 0) is 119 Å². The maximum Gasteiger partial charge on any atom is 0.410 e. The summed E-state index contributed by atoms with van der Waals surface area (Å²) >= 11 is 0. The van der Waals surface area contributed by atoms with Gasteiger partial charge in [0.2, 0.25) is 0 Å². The Balaban J connectivity index is 0.000000164. The van der Waals surface area contributed by atoms with Crippen molar-refractivity contribution < 1.29 is 19.1 Å². The van der Waals surface area contributed by atoms with Crippen LogP contribution in [-0.4, -0.2) is 80.4 Å². The van der Waals surface area contributed by atoms with E-state index in [0.717, 1.165) is 83.9 Å². The first kappa shape index (κ1) is 42.1. The molecule has 4 aromatic heterocycles. The van der Waals surface area contributed by atoms with Gasteiger partial charge in [-0.1, -0.05) is 31.4 Å². The van der Waals surface area contributed by atoms with Gasteiger partial charge in [0.05, 0.1) is 23.8 Å². The molecule has 15 nitrogen and oxygen atoms in total. The molecule has 3 aliphatic carbocycles. The van der Waals surface area contributed by atoms with Gasteiger partial charge in [0, 0.05) is 62.0 Å². The number of nitrogens with one attached hydrogen (secondary N) is 2. The fourth-order valence-corrected chi connectivity index (χ4v) is 9.42. The van der Waals surface area contributed by atoms with Crippen molar-refractivity contribution >= 4 is 52.0 Å². The van der Waals surface area contributed by atoms with Gasteiger partial charge in [-0.25, -0.2) is 33.8 Å². The molecule has 2 fully saturated rings. The molecule has 0 spiro atoms. The number of likely N-dealkylation sites (tertiary alicyclic amines) is 1. The fourth-order valence-electron chi connectivity index (χ4n) is 9.42. The number of piperidine rings is 1. The number of hydrogen-bond acceptors (Lipinski definition) is 12.